The summed E-state index contributed by atoms with van der Waals surface area (Å²) < 4.78 is 15.9. The van der Waals surface area contributed by atoms with E-state index in [2.05, 4.69) is 10.6 Å². The second-order valence-electron chi connectivity index (χ2n) is 8.11. The van der Waals surface area contributed by atoms with Crippen LogP contribution in [-0.4, -0.2) is 73.6 Å². The van der Waals surface area contributed by atoms with Crippen molar-refractivity contribution in [3.8, 4) is 0 Å². The number of aliphatic carboxylic acids is 2. The van der Waals surface area contributed by atoms with Gasteiger partial charge in [-0.2, -0.15) is 0 Å². The molecule has 1 aromatic carbocycles. The first-order valence-electron chi connectivity index (χ1n) is 11.6. The minimum Gasteiger partial charge on any atom is -0.481 e. The third kappa shape index (κ3) is 8.31. The maximum absolute atomic E-state index is 13.1. The van der Waals surface area contributed by atoms with Crippen molar-refractivity contribution in [1.29, 1.82) is 0 Å². The topological polar surface area (TPSA) is 160 Å². The largest absolute Gasteiger partial charge is 0.481 e. The summed E-state index contributed by atoms with van der Waals surface area (Å²) >= 11 is 6.37. The molecule has 2 rings (SSSR count). The van der Waals surface area contributed by atoms with E-state index in [0.717, 1.165) is 5.56 Å². The van der Waals surface area contributed by atoms with Crippen molar-refractivity contribution < 1.29 is 43.6 Å². The van der Waals surface area contributed by atoms with E-state index in [0.29, 0.717) is 16.4 Å². The molecular formula is C25H31ClN2O9. The van der Waals surface area contributed by atoms with Crippen molar-refractivity contribution in [1.82, 2.24) is 10.6 Å². The summed E-state index contributed by atoms with van der Waals surface area (Å²) in [5.41, 5.74) is 2.01. The molecule has 2 atom stereocenters. The van der Waals surface area contributed by atoms with Crippen molar-refractivity contribution in [3.05, 3.63) is 57.4 Å². The van der Waals surface area contributed by atoms with E-state index in [1.54, 1.807) is 38.1 Å². The van der Waals surface area contributed by atoms with E-state index in [-0.39, 0.29) is 43.9 Å². The van der Waals surface area contributed by atoms with Crippen LogP contribution in [0.5, 0.6) is 0 Å². The second-order valence-corrected chi connectivity index (χ2v) is 8.52. The van der Waals surface area contributed by atoms with Crippen molar-refractivity contribution >= 4 is 35.5 Å². The molecule has 1 heterocycles. The lowest BCUT2D eigenvalue weighted by Gasteiger charge is -2.31. The summed E-state index contributed by atoms with van der Waals surface area (Å²) in [4.78, 5) is 47.9. The summed E-state index contributed by atoms with van der Waals surface area (Å²) in [5.74, 6) is -4.51. The minimum atomic E-state index is -1.29. The van der Waals surface area contributed by atoms with Gasteiger partial charge in [0, 0.05) is 23.2 Å². The van der Waals surface area contributed by atoms with E-state index in [1.807, 2.05) is 0 Å². The maximum Gasteiger partial charge on any atom is 0.336 e. The number of ether oxygens (including phenoxy) is 3. The molecule has 2 unspecified atom stereocenters. The van der Waals surface area contributed by atoms with Crippen LogP contribution in [0.15, 0.2) is 46.8 Å². The third-order valence-corrected chi connectivity index (χ3v) is 5.98. The van der Waals surface area contributed by atoms with E-state index in [4.69, 9.17) is 36.0 Å². The Kier molecular flexibility index (Phi) is 11.6. The summed E-state index contributed by atoms with van der Waals surface area (Å²) in [6, 6.07) is 5.82. The van der Waals surface area contributed by atoms with Gasteiger partial charge in [0.15, 0.2) is 0 Å². The Morgan fingerprint density at radius 2 is 1.84 bits per heavy atom. The first kappa shape index (κ1) is 29.8. The Balaban J connectivity index is 2.31. The van der Waals surface area contributed by atoms with Gasteiger partial charge in [0.2, 0.25) is 0 Å². The number of halogens is 1. The highest BCUT2D eigenvalue weighted by Crippen LogP contribution is 2.35. The molecule has 0 saturated carbocycles. The summed E-state index contributed by atoms with van der Waals surface area (Å²) in [6.45, 7) is 3.44. The van der Waals surface area contributed by atoms with E-state index in [1.165, 1.54) is 7.11 Å². The summed E-state index contributed by atoms with van der Waals surface area (Å²) in [6.07, 6.45) is -0.364. The molecular weight excluding hydrogens is 508 g/mol. The Morgan fingerprint density at radius 1 is 1.14 bits per heavy atom. The monoisotopic (exact) mass is 538 g/mol. The molecule has 37 heavy (non-hydrogen) atoms. The number of hydrogen-bond acceptors (Lipinski definition) is 9. The number of hydrogen-bond donors (Lipinski definition) is 4. The predicted molar refractivity (Wildman–Crippen MR) is 133 cm³/mol. The molecule has 0 amide bonds. The first-order chi connectivity index (χ1) is 17.6. The van der Waals surface area contributed by atoms with Gasteiger partial charge >= 0.3 is 23.9 Å². The molecule has 1 aliphatic heterocycles. The minimum absolute atomic E-state index is 0.0203. The molecule has 0 spiro atoms. The molecule has 0 aromatic heterocycles. The van der Waals surface area contributed by atoms with Gasteiger partial charge in [-0.25, -0.2) is 9.59 Å². The van der Waals surface area contributed by atoms with Crippen LogP contribution in [0.25, 0.3) is 0 Å². The number of carbonyl (C=O) groups is 4. The summed E-state index contributed by atoms with van der Waals surface area (Å²) in [5, 5.41) is 24.1. The molecule has 1 aromatic rings. The molecule has 0 aliphatic carbocycles. The number of rotatable bonds is 14. The number of dihydropyridines is 1. The number of carboxylic acid groups (broad SMARTS) is 2. The Hall–Kier alpha value is -3.41. The lowest BCUT2D eigenvalue weighted by Crippen LogP contribution is -2.40. The molecule has 11 nitrogen and oxygen atoms in total. The quantitative estimate of drug-likeness (QED) is 0.202. The molecule has 202 valence electrons. The molecule has 4 N–H and O–H groups in total. The Morgan fingerprint density at radius 3 is 2.43 bits per heavy atom. The van der Waals surface area contributed by atoms with Crippen LogP contribution >= 0.6 is 11.6 Å². The zero-order chi connectivity index (χ0) is 27.5. The van der Waals surface area contributed by atoms with E-state index >= 15 is 0 Å². The highest BCUT2D eigenvalue weighted by molar-refractivity contribution is 6.31. The average Bonchev–Trinajstić information content (AvgIpc) is 2.83. The van der Waals surface area contributed by atoms with Crippen LogP contribution in [0.4, 0.5) is 0 Å². The van der Waals surface area contributed by atoms with Crippen LogP contribution in [-0.2, 0) is 39.8 Å². The third-order valence-electron chi connectivity index (χ3n) is 5.61. The zero-order valence-corrected chi connectivity index (χ0v) is 21.6. The number of nitrogens with one attached hydrogen (secondary N) is 2. The van der Waals surface area contributed by atoms with Gasteiger partial charge in [-0.05, 0) is 31.9 Å². The lowest BCUT2D eigenvalue weighted by molar-refractivity contribution is -0.146. The van der Waals surface area contributed by atoms with Gasteiger partial charge in [0.1, 0.15) is 6.04 Å². The van der Waals surface area contributed by atoms with Gasteiger partial charge in [0.05, 0.1) is 50.2 Å². The fourth-order valence-electron chi connectivity index (χ4n) is 3.96. The number of carboxylic acids is 2. The van der Waals surface area contributed by atoms with E-state index < -0.39 is 42.3 Å². The number of esters is 2. The van der Waals surface area contributed by atoms with Crippen molar-refractivity contribution in [2.45, 2.75) is 32.7 Å². The normalized spacial score (nSPS) is 16.2. The van der Waals surface area contributed by atoms with Crippen molar-refractivity contribution in [2.75, 3.05) is 33.5 Å². The molecule has 1 aliphatic rings. The fourth-order valence-corrected chi connectivity index (χ4v) is 4.17. The average molecular weight is 539 g/mol. The van der Waals surface area contributed by atoms with Gasteiger partial charge in [0.25, 0.3) is 0 Å². The molecule has 0 bridgehead atoms. The molecule has 12 heteroatoms. The van der Waals surface area contributed by atoms with Gasteiger partial charge in [-0.15, -0.1) is 0 Å². The standard InChI is InChI=1S/C25H31ClN2O9/c1-4-37-25(34)22-16(11-15-7-5-6-8-17(15)26)21(24(33)35-3)14(2)28-19(22)13-36-10-9-27-18(23(31)32)12-20(29)30/h5-8,16,18,27-28H,4,9-13H2,1-3H3,(H,29,30)(H,31,32). The highest BCUT2D eigenvalue weighted by Gasteiger charge is 2.38. The second kappa shape index (κ2) is 14.4. The molecule has 0 saturated heterocycles. The Labute approximate surface area is 219 Å². The molecule has 0 radical (unpaired) electrons. The maximum atomic E-state index is 13.1. The SMILES string of the molecule is CCOC(=O)C1=C(COCCNC(CC(=O)O)C(=O)O)NC(C)=C(C(=O)OC)C1Cc1ccccc1Cl. The van der Waals surface area contributed by atoms with Crippen LogP contribution in [0.2, 0.25) is 5.02 Å². The van der Waals surface area contributed by atoms with Crippen LogP contribution in [0.3, 0.4) is 0 Å². The number of allylic oxidation sites excluding steroid dienone is 1. The number of carbonyl (C=O) groups excluding carboxylic acids is 2. The van der Waals surface area contributed by atoms with Crippen LogP contribution in [0, 0.1) is 5.92 Å². The van der Waals surface area contributed by atoms with Crippen molar-refractivity contribution in [2.24, 2.45) is 5.92 Å². The number of benzene rings is 1. The van der Waals surface area contributed by atoms with Gasteiger partial charge < -0.3 is 35.1 Å². The lowest BCUT2D eigenvalue weighted by atomic mass is 9.81. The van der Waals surface area contributed by atoms with E-state index in [9.17, 15) is 19.2 Å². The Bertz CT molecular complexity index is 1080. The first-order valence-corrected chi connectivity index (χ1v) is 11.9. The fraction of sp³-hybridized carbons (Fsp3) is 0.440. The van der Waals surface area contributed by atoms with Gasteiger partial charge in [-0.1, -0.05) is 29.8 Å². The molecule has 0 fully saturated rings. The zero-order valence-electron chi connectivity index (χ0n) is 20.8. The van der Waals surface area contributed by atoms with Gasteiger partial charge in [-0.3, -0.25) is 9.59 Å². The smallest absolute Gasteiger partial charge is 0.336 e. The van der Waals surface area contributed by atoms with Crippen molar-refractivity contribution in [3.63, 3.8) is 0 Å². The van der Waals surface area contributed by atoms with Crippen LogP contribution < -0.4 is 10.6 Å². The highest BCUT2D eigenvalue weighted by atomic mass is 35.5. The number of methoxy groups -OCH3 is 1. The summed E-state index contributed by atoms with van der Waals surface area (Å²) in [7, 11) is 1.25. The van der Waals surface area contributed by atoms with Crippen LogP contribution in [0.1, 0.15) is 25.8 Å². The predicted octanol–water partition coefficient (Wildman–Crippen LogP) is 1.90.